The molecule has 1 aromatic heterocycles. The van der Waals surface area contributed by atoms with Gasteiger partial charge in [0.2, 0.25) is 0 Å². The standard InChI is InChI=1S/C14H15N3S/c1-2-12-9-16-14(18-12)17-11-5-6-13-10(8-11)4-3-7-15-13/h3-8,12H,2,9H2,1H3,(H,16,17). The maximum Gasteiger partial charge on any atom is 0.161 e. The van der Waals surface area contributed by atoms with Gasteiger partial charge in [0.1, 0.15) is 0 Å². The molecule has 3 nitrogen and oxygen atoms in total. The van der Waals surface area contributed by atoms with E-state index in [1.807, 2.05) is 30.1 Å². The molecular weight excluding hydrogens is 242 g/mol. The molecule has 1 aliphatic heterocycles. The molecule has 0 amide bonds. The summed E-state index contributed by atoms with van der Waals surface area (Å²) in [6, 6.07) is 10.2. The molecule has 1 unspecified atom stereocenters. The normalized spacial score (nSPS) is 18.9. The Morgan fingerprint density at radius 2 is 2.33 bits per heavy atom. The van der Waals surface area contributed by atoms with Gasteiger partial charge >= 0.3 is 0 Å². The van der Waals surface area contributed by atoms with E-state index in [-0.39, 0.29) is 0 Å². The van der Waals surface area contributed by atoms with Gasteiger partial charge in [-0.05, 0) is 30.7 Å². The molecule has 1 N–H and O–H groups in total. The summed E-state index contributed by atoms with van der Waals surface area (Å²) >= 11 is 1.83. The van der Waals surface area contributed by atoms with E-state index in [0.717, 1.165) is 28.3 Å². The zero-order valence-electron chi connectivity index (χ0n) is 10.3. The highest BCUT2D eigenvalue weighted by molar-refractivity contribution is 8.15. The first-order valence-electron chi connectivity index (χ1n) is 6.18. The minimum Gasteiger partial charge on any atom is -0.335 e. The van der Waals surface area contributed by atoms with Crippen LogP contribution in [0, 0.1) is 0 Å². The van der Waals surface area contributed by atoms with Crippen LogP contribution in [0.4, 0.5) is 5.69 Å². The first-order chi connectivity index (χ1) is 8.85. The van der Waals surface area contributed by atoms with E-state index in [0.29, 0.717) is 5.25 Å². The number of thioether (sulfide) groups is 1. The number of fused-ring (bicyclic) bond motifs is 1. The molecule has 0 bridgehead atoms. The predicted molar refractivity (Wildman–Crippen MR) is 79.3 cm³/mol. The van der Waals surface area contributed by atoms with Crippen molar-refractivity contribution >= 4 is 33.5 Å². The van der Waals surface area contributed by atoms with Gasteiger partial charge in [0, 0.05) is 22.5 Å². The minimum absolute atomic E-state index is 0.634. The summed E-state index contributed by atoms with van der Waals surface area (Å²) in [6.45, 7) is 3.14. The van der Waals surface area contributed by atoms with E-state index < -0.39 is 0 Å². The Kier molecular flexibility index (Phi) is 3.19. The number of pyridine rings is 1. The fourth-order valence-electron chi connectivity index (χ4n) is 1.98. The summed E-state index contributed by atoms with van der Waals surface area (Å²) in [6.07, 6.45) is 2.99. The van der Waals surface area contributed by atoms with E-state index in [2.05, 4.69) is 40.4 Å². The lowest BCUT2D eigenvalue weighted by Crippen LogP contribution is -2.06. The Morgan fingerprint density at radius 1 is 1.39 bits per heavy atom. The number of amidine groups is 1. The molecular formula is C14H15N3S. The van der Waals surface area contributed by atoms with Crippen LogP contribution in [0.1, 0.15) is 13.3 Å². The largest absolute Gasteiger partial charge is 0.335 e. The lowest BCUT2D eigenvalue weighted by molar-refractivity contribution is 0.844. The van der Waals surface area contributed by atoms with Crippen molar-refractivity contribution in [3.63, 3.8) is 0 Å². The van der Waals surface area contributed by atoms with Crippen LogP contribution in [-0.2, 0) is 0 Å². The topological polar surface area (TPSA) is 37.3 Å². The van der Waals surface area contributed by atoms with E-state index >= 15 is 0 Å². The Balaban J connectivity index is 1.79. The van der Waals surface area contributed by atoms with E-state index in [1.165, 1.54) is 6.42 Å². The number of nitrogens with one attached hydrogen (secondary N) is 1. The number of aromatic nitrogens is 1. The molecule has 4 heteroatoms. The predicted octanol–water partition coefficient (Wildman–Crippen LogP) is 3.53. The van der Waals surface area contributed by atoms with Crippen LogP contribution in [0.25, 0.3) is 10.9 Å². The molecule has 2 heterocycles. The first-order valence-corrected chi connectivity index (χ1v) is 7.06. The minimum atomic E-state index is 0.634. The number of hydrogen-bond donors (Lipinski definition) is 1. The Bertz CT molecular complexity index is 594. The zero-order valence-corrected chi connectivity index (χ0v) is 11.1. The summed E-state index contributed by atoms with van der Waals surface area (Å²) in [5, 5.41) is 6.20. The molecule has 1 aromatic carbocycles. The van der Waals surface area contributed by atoms with Gasteiger partial charge < -0.3 is 5.32 Å². The molecule has 1 aliphatic rings. The molecule has 92 valence electrons. The molecule has 2 aromatic rings. The zero-order chi connectivity index (χ0) is 12.4. The van der Waals surface area contributed by atoms with Crippen molar-refractivity contribution in [3.05, 3.63) is 36.5 Å². The number of anilines is 1. The SMILES string of the molecule is CCC1CN=C(Nc2ccc3ncccc3c2)S1. The van der Waals surface area contributed by atoms with Crippen molar-refractivity contribution < 1.29 is 0 Å². The van der Waals surface area contributed by atoms with Gasteiger partial charge in [-0.1, -0.05) is 24.8 Å². The van der Waals surface area contributed by atoms with Crippen LogP contribution in [0.15, 0.2) is 41.5 Å². The van der Waals surface area contributed by atoms with Gasteiger partial charge in [0.25, 0.3) is 0 Å². The maximum absolute atomic E-state index is 4.52. The molecule has 0 aliphatic carbocycles. The molecule has 0 fully saturated rings. The molecule has 0 saturated heterocycles. The molecule has 0 spiro atoms. The Morgan fingerprint density at radius 3 is 3.17 bits per heavy atom. The quantitative estimate of drug-likeness (QED) is 0.894. The molecule has 0 saturated carbocycles. The Labute approximate surface area is 111 Å². The third-order valence-corrected chi connectivity index (χ3v) is 4.30. The second kappa shape index (κ2) is 4.98. The van der Waals surface area contributed by atoms with Gasteiger partial charge in [-0.2, -0.15) is 0 Å². The van der Waals surface area contributed by atoms with Gasteiger partial charge in [-0.25, -0.2) is 0 Å². The summed E-state index contributed by atoms with van der Waals surface area (Å²) < 4.78 is 0. The van der Waals surface area contributed by atoms with Gasteiger partial charge in [0.15, 0.2) is 5.17 Å². The van der Waals surface area contributed by atoms with Gasteiger partial charge in [-0.3, -0.25) is 9.98 Å². The molecule has 3 rings (SSSR count). The van der Waals surface area contributed by atoms with E-state index in [9.17, 15) is 0 Å². The van der Waals surface area contributed by atoms with Crippen molar-refractivity contribution in [1.29, 1.82) is 0 Å². The summed E-state index contributed by atoms with van der Waals surface area (Å²) in [4.78, 5) is 8.83. The van der Waals surface area contributed by atoms with Crippen LogP contribution in [0.5, 0.6) is 0 Å². The fraction of sp³-hybridized carbons (Fsp3) is 0.286. The van der Waals surface area contributed by atoms with Crippen LogP contribution in [0.3, 0.4) is 0 Å². The average Bonchev–Trinajstić information content (AvgIpc) is 2.86. The third-order valence-electron chi connectivity index (χ3n) is 3.03. The van der Waals surface area contributed by atoms with Crippen LogP contribution in [-0.4, -0.2) is 21.9 Å². The van der Waals surface area contributed by atoms with Crippen LogP contribution < -0.4 is 5.32 Å². The average molecular weight is 257 g/mol. The number of aliphatic imine (C=N–C) groups is 1. The van der Waals surface area contributed by atoms with E-state index in [4.69, 9.17) is 0 Å². The van der Waals surface area contributed by atoms with Crippen LogP contribution in [0.2, 0.25) is 0 Å². The van der Waals surface area contributed by atoms with Gasteiger partial charge in [-0.15, -0.1) is 0 Å². The fourth-order valence-corrected chi connectivity index (χ4v) is 2.93. The first kappa shape index (κ1) is 11.5. The summed E-state index contributed by atoms with van der Waals surface area (Å²) in [7, 11) is 0. The third kappa shape index (κ3) is 2.34. The summed E-state index contributed by atoms with van der Waals surface area (Å²) in [5.74, 6) is 0. The number of nitrogens with zero attached hydrogens (tertiary/aromatic N) is 2. The van der Waals surface area contributed by atoms with Crippen molar-refractivity contribution in [1.82, 2.24) is 4.98 Å². The van der Waals surface area contributed by atoms with Crippen molar-refractivity contribution in [2.24, 2.45) is 4.99 Å². The number of hydrogen-bond acceptors (Lipinski definition) is 4. The lowest BCUT2D eigenvalue weighted by atomic mass is 10.2. The maximum atomic E-state index is 4.52. The number of rotatable bonds is 2. The molecule has 0 radical (unpaired) electrons. The second-order valence-electron chi connectivity index (χ2n) is 4.33. The smallest absolute Gasteiger partial charge is 0.161 e. The van der Waals surface area contributed by atoms with Crippen molar-refractivity contribution in [2.45, 2.75) is 18.6 Å². The molecule has 1 atom stereocenters. The van der Waals surface area contributed by atoms with Crippen LogP contribution >= 0.6 is 11.8 Å². The van der Waals surface area contributed by atoms with Crippen molar-refractivity contribution in [3.8, 4) is 0 Å². The highest BCUT2D eigenvalue weighted by atomic mass is 32.2. The van der Waals surface area contributed by atoms with Crippen molar-refractivity contribution in [2.75, 3.05) is 11.9 Å². The highest BCUT2D eigenvalue weighted by Crippen LogP contribution is 2.25. The summed E-state index contributed by atoms with van der Waals surface area (Å²) in [5.41, 5.74) is 2.11. The monoisotopic (exact) mass is 257 g/mol. The highest BCUT2D eigenvalue weighted by Gasteiger charge is 2.17. The van der Waals surface area contributed by atoms with E-state index in [1.54, 1.807) is 0 Å². The Hall–Kier alpha value is -1.55. The lowest BCUT2D eigenvalue weighted by Gasteiger charge is -2.07. The molecule has 18 heavy (non-hydrogen) atoms. The second-order valence-corrected chi connectivity index (χ2v) is 5.62. The van der Waals surface area contributed by atoms with Gasteiger partial charge in [0.05, 0.1) is 12.1 Å². The number of benzene rings is 1.